The minimum absolute atomic E-state index is 0.0238. The Kier molecular flexibility index (Phi) is 12.1. The zero-order valence-electron chi connectivity index (χ0n) is 19.4. The van der Waals surface area contributed by atoms with Crippen molar-refractivity contribution in [1.82, 2.24) is 25.9 Å². The molecule has 0 radical (unpaired) electrons. The number of aromatic nitrogens is 2. The lowest BCUT2D eigenvalue weighted by Crippen LogP contribution is -2.57. The van der Waals surface area contributed by atoms with Gasteiger partial charge in [0.25, 0.3) is 0 Å². The average Bonchev–Trinajstić information content (AvgIpc) is 3.30. The van der Waals surface area contributed by atoms with Crippen molar-refractivity contribution in [1.29, 1.82) is 0 Å². The van der Waals surface area contributed by atoms with E-state index in [2.05, 4.69) is 30.9 Å². The molecular weight excluding hydrogens is 446 g/mol. The fourth-order valence-electron chi connectivity index (χ4n) is 3.06. The van der Waals surface area contributed by atoms with Crippen LogP contribution in [0, 0.1) is 5.92 Å². The van der Waals surface area contributed by atoms with Crippen LogP contribution in [0.5, 0.6) is 0 Å². The second-order valence-corrected chi connectivity index (χ2v) is 7.83. The highest BCUT2D eigenvalue weighted by molar-refractivity contribution is 5.93. The number of hydrogen-bond acceptors (Lipinski definition) is 7. The molecule has 0 fully saturated rings. The number of aromatic amines is 1. The number of aliphatic imine (C=N–C) groups is 1. The summed E-state index contributed by atoms with van der Waals surface area (Å²) in [7, 11) is 0. The highest BCUT2D eigenvalue weighted by Crippen LogP contribution is 2.10. The first-order valence-electron chi connectivity index (χ1n) is 10.9. The third-order valence-electron chi connectivity index (χ3n) is 5.17. The van der Waals surface area contributed by atoms with E-state index in [1.54, 1.807) is 6.92 Å². The number of hydrogen-bond donors (Lipinski definition) is 8. The summed E-state index contributed by atoms with van der Waals surface area (Å²) in [5.41, 5.74) is 16.5. The van der Waals surface area contributed by atoms with Gasteiger partial charge in [0, 0.05) is 24.9 Å². The summed E-state index contributed by atoms with van der Waals surface area (Å²) in [5, 5.41) is 17.1. The van der Waals surface area contributed by atoms with Gasteiger partial charge in [-0.15, -0.1) is 0 Å². The van der Waals surface area contributed by atoms with Gasteiger partial charge in [0.15, 0.2) is 5.96 Å². The third kappa shape index (κ3) is 9.85. The number of nitrogens with one attached hydrogen (secondary N) is 4. The summed E-state index contributed by atoms with van der Waals surface area (Å²) in [4.78, 5) is 60.1. The number of rotatable bonds is 15. The molecule has 0 aromatic carbocycles. The highest BCUT2D eigenvalue weighted by Gasteiger charge is 2.31. The van der Waals surface area contributed by atoms with Crippen LogP contribution in [0.15, 0.2) is 17.5 Å². The molecule has 14 heteroatoms. The molecule has 0 saturated heterocycles. The smallest absolute Gasteiger partial charge is 0.326 e. The van der Waals surface area contributed by atoms with E-state index in [9.17, 15) is 24.3 Å². The van der Waals surface area contributed by atoms with Gasteiger partial charge in [-0.25, -0.2) is 9.78 Å². The maximum Gasteiger partial charge on any atom is 0.326 e. The quantitative estimate of drug-likeness (QED) is 0.0751. The summed E-state index contributed by atoms with van der Waals surface area (Å²) in [6.45, 7) is 3.42. The fourth-order valence-corrected chi connectivity index (χ4v) is 3.06. The molecule has 0 spiro atoms. The zero-order valence-corrected chi connectivity index (χ0v) is 19.4. The summed E-state index contributed by atoms with van der Waals surface area (Å²) in [5.74, 6) is -3.49. The Morgan fingerprint density at radius 3 is 2.35 bits per heavy atom. The molecule has 1 rings (SSSR count). The lowest BCUT2D eigenvalue weighted by Gasteiger charge is -2.26. The van der Waals surface area contributed by atoms with Crippen LogP contribution in [0.25, 0.3) is 0 Å². The van der Waals surface area contributed by atoms with Crippen LogP contribution in [0.2, 0.25) is 0 Å². The molecule has 4 atom stereocenters. The van der Waals surface area contributed by atoms with Crippen molar-refractivity contribution in [2.45, 2.75) is 57.7 Å². The summed E-state index contributed by atoms with van der Waals surface area (Å²) >= 11 is 0. The zero-order chi connectivity index (χ0) is 25.7. The van der Waals surface area contributed by atoms with Crippen LogP contribution < -0.4 is 33.2 Å². The van der Waals surface area contributed by atoms with Gasteiger partial charge < -0.3 is 43.2 Å². The molecule has 190 valence electrons. The fraction of sp³-hybridized carbons (Fsp3) is 0.600. The topological polar surface area (TPSA) is 244 Å². The van der Waals surface area contributed by atoms with Crippen molar-refractivity contribution >= 4 is 29.7 Å². The first kappa shape index (κ1) is 28.4. The number of aliphatic carboxylic acids is 1. The van der Waals surface area contributed by atoms with E-state index in [0.29, 0.717) is 18.5 Å². The van der Waals surface area contributed by atoms with E-state index < -0.39 is 41.8 Å². The molecule has 1 aromatic heterocycles. The molecule has 0 aliphatic carbocycles. The molecule has 11 N–H and O–H groups in total. The number of nitrogens with zero attached hydrogens (tertiary/aromatic N) is 2. The molecule has 0 aliphatic rings. The van der Waals surface area contributed by atoms with Crippen LogP contribution in [0.3, 0.4) is 0 Å². The van der Waals surface area contributed by atoms with Crippen LogP contribution in [0.1, 0.15) is 38.8 Å². The van der Waals surface area contributed by atoms with Crippen LogP contribution in [0.4, 0.5) is 0 Å². The largest absolute Gasteiger partial charge is 0.480 e. The van der Waals surface area contributed by atoms with E-state index in [1.165, 1.54) is 12.5 Å². The number of imidazole rings is 1. The number of nitrogens with two attached hydrogens (primary N) is 3. The molecular formula is C20H35N9O5. The second-order valence-electron chi connectivity index (χ2n) is 7.83. The summed E-state index contributed by atoms with van der Waals surface area (Å²) in [6.07, 6.45) is 4.00. The highest BCUT2D eigenvalue weighted by atomic mass is 16.4. The van der Waals surface area contributed by atoms with Crippen molar-refractivity contribution in [3.8, 4) is 0 Å². The second kappa shape index (κ2) is 14.5. The number of carbonyl (C=O) groups excluding carboxylic acids is 3. The Hall–Kier alpha value is -3.68. The lowest BCUT2D eigenvalue weighted by molar-refractivity contribution is -0.143. The number of amides is 3. The molecule has 0 bridgehead atoms. The molecule has 0 saturated carbocycles. The van der Waals surface area contributed by atoms with Gasteiger partial charge in [-0.1, -0.05) is 20.3 Å². The van der Waals surface area contributed by atoms with Crippen LogP contribution in [-0.2, 0) is 25.6 Å². The molecule has 14 nitrogen and oxygen atoms in total. The number of guanidine groups is 1. The molecule has 3 amide bonds. The van der Waals surface area contributed by atoms with E-state index >= 15 is 0 Å². The van der Waals surface area contributed by atoms with Crippen LogP contribution in [-0.4, -0.2) is 75.9 Å². The minimum Gasteiger partial charge on any atom is -0.480 e. The van der Waals surface area contributed by atoms with Gasteiger partial charge in [0.1, 0.15) is 18.1 Å². The van der Waals surface area contributed by atoms with Crippen molar-refractivity contribution in [2.75, 3.05) is 13.1 Å². The Morgan fingerprint density at radius 1 is 1.15 bits per heavy atom. The number of carbonyl (C=O) groups is 4. The van der Waals surface area contributed by atoms with Gasteiger partial charge in [-0.2, -0.15) is 0 Å². The monoisotopic (exact) mass is 481 g/mol. The van der Waals surface area contributed by atoms with Crippen molar-refractivity contribution in [3.63, 3.8) is 0 Å². The van der Waals surface area contributed by atoms with Gasteiger partial charge in [-0.05, 0) is 18.8 Å². The molecule has 34 heavy (non-hydrogen) atoms. The maximum atomic E-state index is 13.0. The average molecular weight is 482 g/mol. The number of carboxylic acids is 1. The molecule has 0 aliphatic heterocycles. The van der Waals surface area contributed by atoms with Crippen molar-refractivity contribution in [3.05, 3.63) is 18.2 Å². The van der Waals surface area contributed by atoms with Gasteiger partial charge in [0.05, 0.1) is 12.9 Å². The normalized spacial score (nSPS) is 14.2. The molecule has 1 heterocycles. The Balaban J connectivity index is 3.03. The Bertz CT molecular complexity index is 839. The van der Waals surface area contributed by atoms with Crippen molar-refractivity contribution in [2.24, 2.45) is 28.1 Å². The van der Waals surface area contributed by atoms with Crippen LogP contribution >= 0.6 is 0 Å². The van der Waals surface area contributed by atoms with E-state index in [4.69, 9.17) is 17.2 Å². The summed E-state index contributed by atoms with van der Waals surface area (Å²) < 4.78 is 0. The van der Waals surface area contributed by atoms with E-state index in [-0.39, 0.29) is 37.8 Å². The SMILES string of the molecule is CCC(C)C(NC(=O)C(Cc1cnc[nH]1)NC(=O)C(CCCN=C(N)N)NC(=O)CN)C(=O)O. The Labute approximate surface area is 197 Å². The first-order valence-corrected chi connectivity index (χ1v) is 10.9. The molecule has 1 aromatic rings. The van der Waals surface area contributed by atoms with Gasteiger partial charge >= 0.3 is 5.97 Å². The van der Waals surface area contributed by atoms with Gasteiger partial charge in [0.2, 0.25) is 17.7 Å². The lowest BCUT2D eigenvalue weighted by atomic mass is 9.98. The number of carboxylic acid groups (broad SMARTS) is 1. The Morgan fingerprint density at radius 2 is 1.82 bits per heavy atom. The van der Waals surface area contributed by atoms with E-state index in [1.807, 2.05) is 6.92 Å². The summed E-state index contributed by atoms with van der Waals surface area (Å²) in [6, 6.07) is -3.27. The molecule has 4 unspecified atom stereocenters. The standard InChI is InChI=1S/C20H35N9O5/c1-3-11(2)16(19(33)34)29-18(32)14(7-12-9-24-10-26-12)28-17(31)13(27-15(30)8-21)5-4-6-25-20(22)23/h9-11,13-14,16H,3-8,21H2,1-2H3,(H,24,26)(H,27,30)(H,28,31)(H,29,32)(H,33,34)(H4,22,23,25). The third-order valence-corrected chi connectivity index (χ3v) is 5.17. The minimum atomic E-state index is -1.18. The number of H-pyrrole nitrogens is 1. The van der Waals surface area contributed by atoms with Crippen molar-refractivity contribution < 1.29 is 24.3 Å². The van der Waals surface area contributed by atoms with E-state index in [0.717, 1.165) is 0 Å². The predicted octanol–water partition coefficient (Wildman–Crippen LogP) is -2.45. The maximum absolute atomic E-state index is 13.0. The first-order chi connectivity index (χ1) is 16.1. The van der Waals surface area contributed by atoms with Gasteiger partial charge in [-0.3, -0.25) is 19.4 Å². The predicted molar refractivity (Wildman–Crippen MR) is 124 cm³/mol.